The number of nitrogens with zero attached hydrogens (tertiary/aromatic N) is 3. The minimum atomic E-state index is 0.228. The van der Waals surface area contributed by atoms with Gasteiger partial charge >= 0.3 is 0 Å². The van der Waals surface area contributed by atoms with Crippen molar-refractivity contribution in [3.8, 4) is 0 Å². The predicted molar refractivity (Wildman–Crippen MR) is 87.3 cm³/mol. The lowest BCUT2D eigenvalue weighted by Gasteiger charge is -2.41. The van der Waals surface area contributed by atoms with E-state index in [2.05, 4.69) is 49.3 Å². The zero-order chi connectivity index (χ0) is 15.6. The van der Waals surface area contributed by atoms with E-state index in [4.69, 9.17) is 0 Å². The highest BCUT2D eigenvalue weighted by Gasteiger charge is 2.35. The molecule has 0 N–H and O–H groups in total. The van der Waals surface area contributed by atoms with Gasteiger partial charge in [-0.2, -0.15) is 0 Å². The van der Waals surface area contributed by atoms with Gasteiger partial charge in [-0.25, -0.2) is 0 Å². The molecule has 4 nitrogen and oxygen atoms in total. The van der Waals surface area contributed by atoms with Crippen LogP contribution >= 0.6 is 0 Å². The van der Waals surface area contributed by atoms with Gasteiger partial charge in [-0.1, -0.05) is 13.8 Å². The second-order valence-corrected chi connectivity index (χ2v) is 7.61. The number of carbonyl (C=O) groups excluding carboxylic acids is 1. The van der Waals surface area contributed by atoms with Gasteiger partial charge in [-0.3, -0.25) is 9.69 Å². The zero-order valence-corrected chi connectivity index (χ0v) is 14.5. The summed E-state index contributed by atoms with van der Waals surface area (Å²) in [5.74, 6) is 1.33. The van der Waals surface area contributed by atoms with Crippen molar-refractivity contribution < 1.29 is 4.79 Å². The molecule has 1 amide bonds. The first-order valence-electron chi connectivity index (χ1n) is 8.65. The standard InChI is InChI=1S/C17H33N3O/c1-13(2)10-18-8-9-20(15(5)11-18)17(21)16-6-7-19(12-16)14(3)4/h13-16H,6-12H2,1-5H3/t15-,16-/m1/s1. The third kappa shape index (κ3) is 4.19. The fraction of sp³-hybridized carbons (Fsp3) is 0.941. The molecule has 2 fully saturated rings. The highest BCUT2D eigenvalue weighted by atomic mass is 16.2. The molecule has 2 heterocycles. The number of hydrogen-bond acceptors (Lipinski definition) is 3. The van der Waals surface area contributed by atoms with Gasteiger partial charge < -0.3 is 9.80 Å². The Labute approximate surface area is 130 Å². The first kappa shape index (κ1) is 16.8. The van der Waals surface area contributed by atoms with Gasteiger partial charge in [0.05, 0.1) is 5.92 Å². The molecule has 0 aromatic heterocycles. The van der Waals surface area contributed by atoms with Gasteiger partial charge in [0, 0.05) is 44.8 Å². The summed E-state index contributed by atoms with van der Waals surface area (Å²) in [5, 5.41) is 0. The van der Waals surface area contributed by atoms with E-state index in [1.807, 2.05) is 0 Å². The van der Waals surface area contributed by atoms with Crippen LogP contribution in [0, 0.1) is 11.8 Å². The molecule has 2 atom stereocenters. The number of piperazine rings is 1. The van der Waals surface area contributed by atoms with Gasteiger partial charge in [-0.05, 0) is 39.7 Å². The lowest BCUT2D eigenvalue weighted by molar-refractivity contribution is -0.139. The van der Waals surface area contributed by atoms with Gasteiger partial charge in [0.25, 0.3) is 0 Å². The van der Waals surface area contributed by atoms with Crippen molar-refractivity contribution in [2.75, 3.05) is 39.3 Å². The van der Waals surface area contributed by atoms with Crippen molar-refractivity contribution in [2.24, 2.45) is 11.8 Å². The number of carbonyl (C=O) groups is 1. The van der Waals surface area contributed by atoms with Crippen LogP contribution in [0.5, 0.6) is 0 Å². The molecule has 4 heteroatoms. The summed E-state index contributed by atoms with van der Waals surface area (Å²) in [6, 6.07) is 0.918. The van der Waals surface area contributed by atoms with Gasteiger partial charge in [0.15, 0.2) is 0 Å². The predicted octanol–water partition coefficient (Wildman–Crippen LogP) is 1.91. The Morgan fingerprint density at radius 1 is 1.10 bits per heavy atom. The summed E-state index contributed by atoms with van der Waals surface area (Å²) in [5.41, 5.74) is 0. The fourth-order valence-electron chi connectivity index (χ4n) is 3.74. The minimum absolute atomic E-state index is 0.228. The molecule has 0 aromatic rings. The van der Waals surface area contributed by atoms with E-state index < -0.39 is 0 Å². The van der Waals surface area contributed by atoms with E-state index in [0.717, 1.165) is 45.7 Å². The van der Waals surface area contributed by atoms with Crippen LogP contribution in [-0.2, 0) is 4.79 Å². The van der Waals surface area contributed by atoms with Crippen molar-refractivity contribution in [3.63, 3.8) is 0 Å². The van der Waals surface area contributed by atoms with Crippen molar-refractivity contribution in [1.82, 2.24) is 14.7 Å². The molecule has 2 aliphatic rings. The lowest BCUT2D eigenvalue weighted by atomic mass is 10.0. The molecule has 0 spiro atoms. The number of likely N-dealkylation sites (tertiary alicyclic amines) is 1. The first-order valence-corrected chi connectivity index (χ1v) is 8.65. The number of amides is 1. The highest BCUT2D eigenvalue weighted by Crippen LogP contribution is 2.23. The topological polar surface area (TPSA) is 26.8 Å². The molecule has 2 rings (SSSR count). The second-order valence-electron chi connectivity index (χ2n) is 7.61. The van der Waals surface area contributed by atoms with Crippen LogP contribution in [0.15, 0.2) is 0 Å². The third-order valence-corrected chi connectivity index (χ3v) is 4.92. The highest BCUT2D eigenvalue weighted by molar-refractivity contribution is 5.79. The number of rotatable bonds is 4. The average molecular weight is 295 g/mol. The largest absolute Gasteiger partial charge is 0.337 e. The summed E-state index contributed by atoms with van der Waals surface area (Å²) in [4.78, 5) is 19.9. The summed E-state index contributed by atoms with van der Waals surface area (Å²) in [6.07, 6.45) is 1.04. The molecule has 0 aromatic carbocycles. The van der Waals surface area contributed by atoms with Crippen LogP contribution in [0.1, 0.15) is 41.0 Å². The van der Waals surface area contributed by atoms with Crippen LogP contribution in [0.3, 0.4) is 0 Å². The van der Waals surface area contributed by atoms with Crippen LogP contribution in [-0.4, -0.2) is 72.0 Å². The Morgan fingerprint density at radius 2 is 1.81 bits per heavy atom. The molecule has 0 bridgehead atoms. The van der Waals surface area contributed by atoms with Crippen molar-refractivity contribution in [1.29, 1.82) is 0 Å². The SMILES string of the molecule is CC(C)CN1CCN(C(=O)[C@@H]2CCN(C(C)C)C2)[C@H](C)C1. The minimum Gasteiger partial charge on any atom is -0.337 e. The lowest BCUT2D eigenvalue weighted by Crippen LogP contribution is -2.56. The van der Waals surface area contributed by atoms with Crippen molar-refractivity contribution in [3.05, 3.63) is 0 Å². The van der Waals surface area contributed by atoms with Crippen molar-refractivity contribution in [2.45, 2.75) is 53.1 Å². The summed E-state index contributed by atoms with van der Waals surface area (Å²) >= 11 is 0. The Bertz CT molecular complexity index is 356. The molecule has 0 saturated carbocycles. The Hall–Kier alpha value is -0.610. The maximum atomic E-state index is 12.8. The van der Waals surface area contributed by atoms with E-state index in [0.29, 0.717) is 23.9 Å². The Balaban J connectivity index is 1.87. The monoisotopic (exact) mass is 295 g/mol. The first-order chi connectivity index (χ1) is 9.88. The summed E-state index contributed by atoms with van der Waals surface area (Å²) < 4.78 is 0. The van der Waals surface area contributed by atoms with Crippen molar-refractivity contribution >= 4 is 5.91 Å². The van der Waals surface area contributed by atoms with E-state index in [9.17, 15) is 4.79 Å². The van der Waals surface area contributed by atoms with Crippen LogP contribution < -0.4 is 0 Å². The van der Waals surface area contributed by atoms with E-state index in [-0.39, 0.29) is 5.92 Å². The third-order valence-electron chi connectivity index (χ3n) is 4.92. The molecule has 122 valence electrons. The van der Waals surface area contributed by atoms with Gasteiger partial charge in [0.1, 0.15) is 0 Å². The van der Waals surface area contributed by atoms with E-state index >= 15 is 0 Å². The van der Waals surface area contributed by atoms with Crippen LogP contribution in [0.2, 0.25) is 0 Å². The number of hydrogen-bond donors (Lipinski definition) is 0. The Kier molecular flexibility index (Phi) is 5.67. The molecular formula is C17H33N3O. The quantitative estimate of drug-likeness (QED) is 0.792. The molecule has 0 radical (unpaired) electrons. The smallest absolute Gasteiger partial charge is 0.227 e. The van der Waals surface area contributed by atoms with Gasteiger partial charge in [-0.15, -0.1) is 0 Å². The molecule has 0 aliphatic carbocycles. The molecule has 0 unspecified atom stereocenters. The van der Waals surface area contributed by atoms with Crippen LogP contribution in [0.4, 0.5) is 0 Å². The summed E-state index contributed by atoms with van der Waals surface area (Å²) in [6.45, 7) is 17.3. The fourth-order valence-corrected chi connectivity index (χ4v) is 3.74. The molecule has 21 heavy (non-hydrogen) atoms. The van der Waals surface area contributed by atoms with E-state index in [1.54, 1.807) is 0 Å². The summed E-state index contributed by atoms with van der Waals surface area (Å²) in [7, 11) is 0. The molecule has 2 saturated heterocycles. The maximum absolute atomic E-state index is 12.8. The second kappa shape index (κ2) is 7.10. The van der Waals surface area contributed by atoms with Gasteiger partial charge in [0.2, 0.25) is 5.91 Å². The van der Waals surface area contributed by atoms with Crippen LogP contribution in [0.25, 0.3) is 0 Å². The normalized spacial score (nSPS) is 28.8. The average Bonchev–Trinajstić information content (AvgIpc) is 2.87. The molecular weight excluding hydrogens is 262 g/mol. The maximum Gasteiger partial charge on any atom is 0.227 e. The zero-order valence-electron chi connectivity index (χ0n) is 14.5. The molecule has 2 aliphatic heterocycles. The Morgan fingerprint density at radius 3 is 2.33 bits per heavy atom. The van der Waals surface area contributed by atoms with E-state index in [1.165, 1.54) is 0 Å².